The van der Waals surface area contributed by atoms with E-state index in [9.17, 15) is 0 Å². The number of hydrogen-bond donors (Lipinski definition) is 2. The molecule has 5 nitrogen and oxygen atoms in total. The average molecular weight is 418 g/mol. The highest BCUT2D eigenvalue weighted by molar-refractivity contribution is 5.83. The summed E-state index contributed by atoms with van der Waals surface area (Å²) in [5.41, 5.74) is 8.05. The standard InChI is InChI=1S/C26H31N3O2/c1-2-6-18(7-3-1)17-29-13-12-19-14-25-26(31-28-30-25)15-22(19)24(29)11-10-20-16-27-23-9-5-4-8-21(20)23/h4-5,8-9,14-16,18,24,27-28H,1-3,6-7,10-13,17H2/t24-/m0/s1. The minimum Gasteiger partial charge on any atom is -0.370 e. The summed E-state index contributed by atoms with van der Waals surface area (Å²) in [4.78, 5) is 17.1. The quantitative estimate of drug-likeness (QED) is 0.578. The number of rotatable bonds is 5. The van der Waals surface area contributed by atoms with E-state index in [-0.39, 0.29) is 0 Å². The monoisotopic (exact) mass is 417 g/mol. The zero-order valence-electron chi connectivity index (χ0n) is 18.0. The van der Waals surface area contributed by atoms with Crippen molar-refractivity contribution in [1.29, 1.82) is 0 Å². The van der Waals surface area contributed by atoms with Crippen LogP contribution in [0.3, 0.4) is 0 Å². The van der Waals surface area contributed by atoms with E-state index in [1.807, 2.05) is 0 Å². The lowest BCUT2D eigenvalue weighted by Gasteiger charge is -2.40. The minimum atomic E-state index is 0.425. The van der Waals surface area contributed by atoms with Crippen molar-refractivity contribution in [2.75, 3.05) is 13.1 Å². The maximum Gasteiger partial charge on any atom is 0.196 e. The summed E-state index contributed by atoms with van der Waals surface area (Å²) < 4.78 is 0. The minimum absolute atomic E-state index is 0.425. The van der Waals surface area contributed by atoms with E-state index in [0.29, 0.717) is 6.04 Å². The van der Waals surface area contributed by atoms with Crippen LogP contribution in [0, 0.1) is 5.92 Å². The van der Waals surface area contributed by atoms with Crippen molar-refractivity contribution in [3.05, 3.63) is 59.3 Å². The second kappa shape index (κ2) is 8.21. The van der Waals surface area contributed by atoms with E-state index >= 15 is 0 Å². The molecule has 2 N–H and O–H groups in total. The molecule has 0 saturated heterocycles. The Bertz CT molecular complexity index is 1070. The van der Waals surface area contributed by atoms with E-state index in [0.717, 1.165) is 43.2 Å². The molecule has 162 valence electrons. The number of fused-ring (bicyclic) bond motifs is 3. The average Bonchev–Trinajstić information content (AvgIpc) is 3.44. The van der Waals surface area contributed by atoms with Crippen molar-refractivity contribution < 1.29 is 9.68 Å². The number of benzene rings is 2. The van der Waals surface area contributed by atoms with Crippen molar-refractivity contribution in [1.82, 2.24) is 15.5 Å². The molecule has 1 aromatic heterocycles. The summed E-state index contributed by atoms with van der Waals surface area (Å²) in [5, 5.41) is 1.35. The largest absolute Gasteiger partial charge is 0.370 e. The van der Waals surface area contributed by atoms with E-state index in [2.05, 4.69) is 58.1 Å². The summed E-state index contributed by atoms with van der Waals surface area (Å²) >= 11 is 0. The van der Waals surface area contributed by atoms with Gasteiger partial charge in [0.15, 0.2) is 11.5 Å². The fourth-order valence-electron chi connectivity index (χ4n) is 5.92. The van der Waals surface area contributed by atoms with Crippen LogP contribution >= 0.6 is 0 Å². The molecule has 1 fully saturated rings. The topological polar surface area (TPSA) is 49.5 Å². The lowest BCUT2D eigenvalue weighted by molar-refractivity contribution is 0.0259. The van der Waals surface area contributed by atoms with E-state index in [4.69, 9.17) is 9.68 Å². The molecule has 1 saturated carbocycles. The second-order valence-corrected chi connectivity index (χ2v) is 9.45. The highest BCUT2D eigenvalue weighted by Gasteiger charge is 2.32. The van der Waals surface area contributed by atoms with E-state index in [1.165, 1.54) is 66.2 Å². The van der Waals surface area contributed by atoms with Gasteiger partial charge in [0.2, 0.25) is 0 Å². The molecule has 31 heavy (non-hydrogen) atoms. The van der Waals surface area contributed by atoms with Crippen molar-refractivity contribution >= 4 is 10.9 Å². The lowest BCUT2D eigenvalue weighted by atomic mass is 9.85. The van der Waals surface area contributed by atoms with Gasteiger partial charge in [-0.15, -0.1) is 0 Å². The number of nitrogens with one attached hydrogen (secondary N) is 2. The van der Waals surface area contributed by atoms with Crippen molar-refractivity contribution in [3.63, 3.8) is 0 Å². The fourth-order valence-corrected chi connectivity index (χ4v) is 5.92. The molecule has 3 aromatic rings. The molecule has 3 heterocycles. The molecule has 2 aliphatic heterocycles. The molecule has 0 bridgehead atoms. The van der Waals surface area contributed by atoms with Crippen LogP contribution in [0.1, 0.15) is 61.3 Å². The van der Waals surface area contributed by atoms with Crippen LogP contribution in [-0.4, -0.2) is 23.0 Å². The van der Waals surface area contributed by atoms with E-state index in [1.54, 1.807) is 0 Å². The molecule has 1 atom stereocenters. The summed E-state index contributed by atoms with van der Waals surface area (Å²) in [5.74, 6) is 2.48. The van der Waals surface area contributed by atoms with Gasteiger partial charge in [-0.2, -0.15) is 0 Å². The Labute approximate surface area is 183 Å². The van der Waals surface area contributed by atoms with Gasteiger partial charge in [-0.05, 0) is 72.9 Å². The first-order valence-electron chi connectivity index (χ1n) is 11.9. The Hall–Kier alpha value is -2.50. The Morgan fingerprint density at radius 2 is 1.84 bits per heavy atom. The predicted molar refractivity (Wildman–Crippen MR) is 122 cm³/mol. The Kier molecular flexibility index (Phi) is 5.09. The Morgan fingerprint density at radius 1 is 1.00 bits per heavy atom. The maximum atomic E-state index is 5.51. The maximum absolute atomic E-state index is 5.51. The van der Waals surface area contributed by atoms with Crippen LogP contribution in [0.4, 0.5) is 0 Å². The number of aromatic amines is 1. The molecule has 5 heteroatoms. The first kappa shape index (κ1) is 19.2. The normalized spacial score (nSPS) is 21.5. The van der Waals surface area contributed by atoms with Crippen LogP contribution in [0.25, 0.3) is 10.9 Å². The summed E-state index contributed by atoms with van der Waals surface area (Å²) in [7, 11) is 0. The Morgan fingerprint density at radius 3 is 2.74 bits per heavy atom. The molecule has 1 aliphatic carbocycles. The zero-order valence-corrected chi connectivity index (χ0v) is 18.0. The number of aromatic nitrogens is 1. The van der Waals surface area contributed by atoms with Crippen LogP contribution < -0.4 is 15.3 Å². The first-order chi connectivity index (χ1) is 15.3. The van der Waals surface area contributed by atoms with Gasteiger partial charge in [0.25, 0.3) is 0 Å². The molecule has 0 spiro atoms. The SMILES string of the molecule is c1ccc2c(CC[C@H]3c4cc5c(cc4CCN3CC3CCCCC3)ONO5)c[nH]c2c1. The number of para-hydroxylation sites is 1. The fraction of sp³-hybridized carbons (Fsp3) is 0.462. The van der Waals surface area contributed by atoms with Crippen LogP contribution in [0.2, 0.25) is 0 Å². The third-order valence-electron chi connectivity index (χ3n) is 7.56. The number of H-pyrrole nitrogens is 1. The van der Waals surface area contributed by atoms with Gasteiger partial charge >= 0.3 is 0 Å². The molecule has 0 amide bonds. The van der Waals surface area contributed by atoms with Crippen LogP contribution in [0.15, 0.2) is 42.6 Å². The second-order valence-electron chi connectivity index (χ2n) is 9.45. The summed E-state index contributed by atoms with van der Waals surface area (Å²) in [6, 6.07) is 13.5. The summed E-state index contributed by atoms with van der Waals surface area (Å²) in [6.45, 7) is 2.36. The third kappa shape index (κ3) is 3.70. The molecule has 2 aromatic carbocycles. The molecular formula is C26H31N3O2. The summed E-state index contributed by atoms with van der Waals surface area (Å²) in [6.07, 6.45) is 12.5. The highest BCUT2D eigenvalue weighted by atomic mass is 16.9. The van der Waals surface area contributed by atoms with E-state index < -0.39 is 0 Å². The molecule has 3 aliphatic rings. The van der Waals surface area contributed by atoms with Crippen molar-refractivity contribution in [2.45, 2.75) is 57.4 Å². The smallest absolute Gasteiger partial charge is 0.196 e. The van der Waals surface area contributed by atoms with Gasteiger partial charge in [-0.25, -0.2) is 0 Å². The number of hydrogen-bond acceptors (Lipinski definition) is 4. The zero-order chi connectivity index (χ0) is 20.6. The van der Waals surface area contributed by atoms with Gasteiger partial charge in [0.1, 0.15) is 0 Å². The van der Waals surface area contributed by atoms with Crippen molar-refractivity contribution in [2.24, 2.45) is 5.92 Å². The predicted octanol–water partition coefficient (Wildman–Crippen LogP) is 5.47. The van der Waals surface area contributed by atoms with Crippen LogP contribution in [0.5, 0.6) is 11.5 Å². The number of nitrogens with zero attached hydrogens (tertiary/aromatic N) is 1. The molecule has 0 radical (unpaired) electrons. The van der Waals surface area contributed by atoms with Gasteiger partial charge in [-0.1, -0.05) is 37.5 Å². The molecule has 6 rings (SSSR count). The molecular weight excluding hydrogens is 386 g/mol. The molecule has 0 unspecified atom stereocenters. The van der Waals surface area contributed by atoms with Gasteiger partial charge in [0.05, 0.1) is 0 Å². The van der Waals surface area contributed by atoms with Crippen LogP contribution in [-0.2, 0) is 12.8 Å². The van der Waals surface area contributed by atoms with Gasteiger partial charge in [-0.3, -0.25) is 4.90 Å². The van der Waals surface area contributed by atoms with Gasteiger partial charge in [0, 0.05) is 41.9 Å². The third-order valence-corrected chi connectivity index (χ3v) is 7.56. The van der Waals surface area contributed by atoms with Gasteiger partial charge < -0.3 is 14.7 Å². The first-order valence-corrected chi connectivity index (χ1v) is 11.9. The van der Waals surface area contributed by atoms with Crippen molar-refractivity contribution in [3.8, 4) is 11.5 Å². The Balaban J connectivity index is 1.29. The highest BCUT2D eigenvalue weighted by Crippen LogP contribution is 2.42. The lowest BCUT2D eigenvalue weighted by Crippen LogP contribution is -2.39. The number of aryl methyl sites for hydroxylation is 1.